The molecule has 3 nitrogen and oxygen atoms in total. The van der Waals surface area contributed by atoms with Crippen molar-refractivity contribution in [2.45, 2.75) is 65.2 Å². The average Bonchev–Trinajstić information content (AvgIpc) is 3.27. The number of unbranched alkanes of at least 4 members (excludes halogenated alkanes) is 2. The third-order valence-corrected chi connectivity index (χ3v) is 7.29. The van der Waals surface area contributed by atoms with Gasteiger partial charge in [-0.1, -0.05) is 45.7 Å². The van der Waals surface area contributed by atoms with E-state index in [4.69, 9.17) is 9.47 Å². The van der Waals surface area contributed by atoms with Crippen LogP contribution in [-0.2, 0) is 22.1 Å². The van der Waals surface area contributed by atoms with Gasteiger partial charge in [0.05, 0.1) is 31.1 Å². The first-order valence-corrected chi connectivity index (χ1v) is 13.7. The van der Waals surface area contributed by atoms with E-state index in [1.54, 1.807) is 44.2 Å². The lowest BCUT2D eigenvalue weighted by atomic mass is 9.98. The summed E-state index contributed by atoms with van der Waals surface area (Å²) in [6.07, 6.45) is -6.84. The fourth-order valence-electron chi connectivity index (χ4n) is 4.08. The lowest BCUT2D eigenvalue weighted by molar-refractivity contribution is -0.162. The standard InChI is InChI=1S/C29H32F6O3S/c1-4-5-6-7-19-8-11-23(24(12-19)29(33,34)35)26-13-21-9-10-22(14-25(21)39-26)37-16-20(15-28(30,31)32)17-38-27(36)18(2)3/h8-14,18,20H,4-7,15-17H2,1-3H3. The van der Waals surface area contributed by atoms with Crippen LogP contribution in [0.3, 0.4) is 0 Å². The predicted octanol–water partition coefficient (Wildman–Crippen LogP) is 9.47. The number of carbonyl (C=O) groups excluding carboxylic acids is 1. The second-order valence-electron chi connectivity index (χ2n) is 9.93. The Morgan fingerprint density at radius 1 is 0.949 bits per heavy atom. The average molecular weight is 575 g/mol. The second kappa shape index (κ2) is 13.1. The summed E-state index contributed by atoms with van der Waals surface area (Å²) < 4.78 is 92.2. The number of alkyl halides is 6. The summed E-state index contributed by atoms with van der Waals surface area (Å²) in [5.74, 6) is -1.89. The highest BCUT2D eigenvalue weighted by Gasteiger charge is 2.35. The van der Waals surface area contributed by atoms with Crippen LogP contribution in [0.2, 0.25) is 0 Å². The third kappa shape index (κ3) is 9.15. The van der Waals surface area contributed by atoms with Crippen LogP contribution in [-0.4, -0.2) is 25.4 Å². The minimum absolute atomic E-state index is 0.0858. The number of carbonyl (C=O) groups is 1. The summed E-state index contributed by atoms with van der Waals surface area (Å²) >= 11 is 1.15. The molecule has 10 heteroatoms. The van der Waals surface area contributed by atoms with Crippen LogP contribution in [0.5, 0.6) is 5.75 Å². The monoisotopic (exact) mass is 574 g/mol. The molecular formula is C29H32F6O3S. The van der Waals surface area contributed by atoms with Crippen molar-refractivity contribution in [1.82, 2.24) is 0 Å². The molecule has 0 radical (unpaired) electrons. The summed E-state index contributed by atoms with van der Waals surface area (Å²) in [7, 11) is 0. The van der Waals surface area contributed by atoms with Crippen molar-refractivity contribution in [2.24, 2.45) is 11.8 Å². The maximum absolute atomic E-state index is 13.9. The Morgan fingerprint density at radius 2 is 1.69 bits per heavy atom. The van der Waals surface area contributed by atoms with Crippen molar-refractivity contribution in [3.05, 3.63) is 53.6 Å². The number of ether oxygens (including phenoxy) is 2. The molecule has 2 aromatic carbocycles. The number of rotatable bonds is 12. The largest absolute Gasteiger partial charge is 0.493 e. The summed E-state index contributed by atoms with van der Waals surface area (Å²) in [6.45, 7) is 4.43. The molecule has 0 aliphatic heterocycles. The van der Waals surface area contributed by atoms with E-state index >= 15 is 0 Å². The van der Waals surface area contributed by atoms with Crippen molar-refractivity contribution in [3.8, 4) is 16.2 Å². The zero-order valence-corrected chi connectivity index (χ0v) is 22.9. The lowest BCUT2D eigenvalue weighted by Crippen LogP contribution is -2.27. The number of halogens is 6. The van der Waals surface area contributed by atoms with E-state index in [2.05, 4.69) is 0 Å². The minimum Gasteiger partial charge on any atom is -0.493 e. The molecule has 1 heterocycles. The quantitative estimate of drug-likeness (QED) is 0.123. The van der Waals surface area contributed by atoms with Gasteiger partial charge >= 0.3 is 18.3 Å². The second-order valence-corrected chi connectivity index (χ2v) is 11.0. The smallest absolute Gasteiger partial charge is 0.417 e. The van der Waals surface area contributed by atoms with E-state index in [1.807, 2.05) is 6.92 Å². The number of hydrogen-bond donors (Lipinski definition) is 0. The molecule has 1 unspecified atom stereocenters. The molecule has 3 aromatic rings. The molecule has 0 saturated carbocycles. The van der Waals surface area contributed by atoms with Gasteiger partial charge in [0, 0.05) is 21.1 Å². The van der Waals surface area contributed by atoms with E-state index < -0.39 is 48.7 Å². The normalized spacial score (nSPS) is 13.2. The van der Waals surface area contributed by atoms with Gasteiger partial charge in [0.1, 0.15) is 5.75 Å². The van der Waals surface area contributed by atoms with E-state index in [0.717, 1.165) is 30.6 Å². The Kier molecular flexibility index (Phi) is 10.3. The highest BCUT2D eigenvalue weighted by molar-refractivity contribution is 7.22. The number of aryl methyl sites for hydroxylation is 1. The Hall–Kier alpha value is -2.75. The lowest BCUT2D eigenvalue weighted by Gasteiger charge is -2.20. The van der Waals surface area contributed by atoms with Crippen LogP contribution >= 0.6 is 11.3 Å². The van der Waals surface area contributed by atoms with Crippen LogP contribution < -0.4 is 4.74 Å². The van der Waals surface area contributed by atoms with Crippen LogP contribution in [0, 0.1) is 11.8 Å². The van der Waals surface area contributed by atoms with Crippen molar-refractivity contribution in [3.63, 3.8) is 0 Å². The Balaban J connectivity index is 1.80. The number of fused-ring (bicyclic) bond motifs is 1. The van der Waals surface area contributed by atoms with Gasteiger partial charge in [0.2, 0.25) is 0 Å². The van der Waals surface area contributed by atoms with Crippen molar-refractivity contribution >= 4 is 27.4 Å². The maximum atomic E-state index is 13.9. The first kappa shape index (κ1) is 30.8. The first-order chi connectivity index (χ1) is 18.3. The Morgan fingerprint density at radius 3 is 2.33 bits per heavy atom. The van der Waals surface area contributed by atoms with Gasteiger partial charge in [-0.05, 0) is 54.1 Å². The third-order valence-electron chi connectivity index (χ3n) is 6.15. The summed E-state index contributed by atoms with van der Waals surface area (Å²) in [5.41, 5.74) is 0.0388. The predicted molar refractivity (Wildman–Crippen MR) is 141 cm³/mol. The molecule has 0 saturated heterocycles. The molecule has 1 atom stereocenters. The van der Waals surface area contributed by atoms with Crippen LogP contribution in [0.4, 0.5) is 26.3 Å². The highest BCUT2D eigenvalue weighted by Crippen LogP contribution is 2.42. The molecule has 0 amide bonds. The van der Waals surface area contributed by atoms with Crippen LogP contribution in [0.25, 0.3) is 20.5 Å². The molecule has 0 fully saturated rings. The van der Waals surface area contributed by atoms with Crippen molar-refractivity contribution < 1.29 is 40.6 Å². The van der Waals surface area contributed by atoms with E-state index in [1.165, 1.54) is 12.1 Å². The molecule has 39 heavy (non-hydrogen) atoms. The fourth-order valence-corrected chi connectivity index (χ4v) is 5.21. The summed E-state index contributed by atoms with van der Waals surface area (Å²) in [5, 5.41) is 0.695. The molecule has 0 aliphatic carbocycles. The highest BCUT2D eigenvalue weighted by atomic mass is 32.1. The summed E-state index contributed by atoms with van der Waals surface area (Å²) in [4.78, 5) is 12.1. The fraction of sp³-hybridized carbons (Fsp3) is 0.483. The van der Waals surface area contributed by atoms with E-state index in [0.29, 0.717) is 26.9 Å². The molecule has 0 bridgehead atoms. The Bertz CT molecular complexity index is 1250. The molecule has 0 spiro atoms. The van der Waals surface area contributed by atoms with Gasteiger partial charge < -0.3 is 9.47 Å². The number of esters is 1. The van der Waals surface area contributed by atoms with Crippen molar-refractivity contribution in [1.29, 1.82) is 0 Å². The zero-order chi connectivity index (χ0) is 28.8. The molecule has 3 rings (SSSR count). The maximum Gasteiger partial charge on any atom is 0.417 e. The van der Waals surface area contributed by atoms with Crippen molar-refractivity contribution in [2.75, 3.05) is 13.2 Å². The molecule has 1 aromatic heterocycles. The number of thiophene rings is 1. The first-order valence-electron chi connectivity index (χ1n) is 12.9. The van der Waals surface area contributed by atoms with Gasteiger partial charge in [-0.3, -0.25) is 4.79 Å². The Labute approximate surface area is 228 Å². The van der Waals surface area contributed by atoms with Gasteiger partial charge in [0.25, 0.3) is 0 Å². The van der Waals surface area contributed by atoms with Crippen LogP contribution in [0.15, 0.2) is 42.5 Å². The van der Waals surface area contributed by atoms with Gasteiger partial charge in [-0.25, -0.2) is 0 Å². The number of hydrogen-bond acceptors (Lipinski definition) is 4. The van der Waals surface area contributed by atoms with E-state index in [9.17, 15) is 31.1 Å². The van der Waals surface area contributed by atoms with Gasteiger partial charge in [-0.2, -0.15) is 26.3 Å². The minimum atomic E-state index is -4.52. The van der Waals surface area contributed by atoms with Gasteiger partial charge in [0.15, 0.2) is 0 Å². The molecule has 214 valence electrons. The number of benzene rings is 2. The zero-order valence-electron chi connectivity index (χ0n) is 22.0. The van der Waals surface area contributed by atoms with Gasteiger partial charge in [-0.15, -0.1) is 11.3 Å². The molecular weight excluding hydrogens is 542 g/mol. The van der Waals surface area contributed by atoms with Crippen LogP contribution in [0.1, 0.15) is 57.6 Å². The SMILES string of the molecule is CCCCCc1ccc(-c2cc3ccc(OCC(COC(=O)C(C)C)CC(F)(F)F)cc3s2)c(C(F)(F)F)c1. The summed E-state index contributed by atoms with van der Waals surface area (Å²) in [6, 6.07) is 10.9. The molecule has 0 aliphatic rings. The van der Waals surface area contributed by atoms with E-state index in [-0.39, 0.29) is 17.9 Å². The molecule has 0 N–H and O–H groups in total. The topological polar surface area (TPSA) is 35.5 Å².